The molecule has 1 amide bonds. The Morgan fingerprint density at radius 3 is 2.68 bits per heavy atom. The number of nitrogens with zero attached hydrogens (tertiary/aromatic N) is 2. The van der Waals surface area contributed by atoms with Crippen molar-refractivity contribution in [2.75, 3.05) is 26.3 Å². The smallest absolute Gasteiger partial charge is 0.271 e. The van der Waals surface area contributed by atoms with Gasteiger partial charge in [0.05, 0.1) is 18.1 Å². The number of hydrogen-bond donors (Lipinski definition) is 1. The fraction of sp³-hybridized carbons (Fsp3) is 0.600. The molecule has 2 fully saturated rings. The summed E-state index contributed by atoms with van der Waals surface area (Å²) in [6, 6.07) is 6.11. The van der Waals surface area contributed by atoms with Crippen molar-refractivity contribution < 1.29 is 17.9 Å². The van der Waals surface area contributed by atoms with Crippen molar-refractivity contribution in [2.24, 2.45) is 16.4 Å². The van der Waals surface area contributed by atoms with Crippen LogP contribution in [-0.2, 0) is 14.8 Å². The average molecular weight is 408 g/mol. The largest absolute Gasteiger partial charge is 0.379 e. The van der Waals surface area contributed by atoms with Gasteiger partial charge in [0.15, 0.2) is 0 Å². The van der Waals surface area contributed by atoms with E-state index in [1.165, 1.54) is 16.4 Å². The Morgan fingerprint density at radius 2 is 2.00 bits per heavy atom. The maximum Gasteiger partial charge on any atom is 0.271 e. The normalized spacial score (nSPS) is 24.8. The zero-order valence-electron chi connectivity index (χ0n) is 16.8. The maximum absolute atomic E-state index is 12.8. The van der Waals surface area contributed by atoms with Gasteiger partial charge in [-0.3, -0.25) is 4.79 Å². The fourth-order valence-corrected chi connectivity index (χ4v) is 5.58. The van der Waals surface area contributed by atoms with E-state index < -0.39 is 15.9 Å². The summed E-state index contributed by atoms with van der Waals surface area (Å²) in [5, 5.41) is 4.33. The van der Waals surface area contributed by atoms with Gasteiger partial charge in [0, 0.05) is 24.4 Å². The Hall–Kier alpha value is -1.77. The van der Waals surface area contributed by atoms with Crippen LogP contribution in [0.5, 0.6) is 0 Å². The number of hydrogen-bond acceptors (Lipinski definition) is 5. The summed E-state index contributed by atoms with van der Waals surface area (Å²) < 4.78 is 32.2. The van der Waals surface area contributed by atoms with Crippen LogP contribution in [0.25, 0.3) is 0 Å². The predicted molar refractivity (Wildman–Crippen MR) is 108 cm³/mol. The molecule has 28 heavy (non-hydrogen) atoms. The van der Waals surface area contributed by atoms with Crippen molar-refractivity contribution in [1.82, 2.24) is 9.73 Å². The molecule has 2 aliphatic rings. The Labute approximate surface area is 167 Å². The number of sulfonamides is 1. The summed E-state index contributed by atoms with van der Waals surface area (Å²) in [4.78, 5) is 12.7. The Bertz CT molecular complexity index is 858. The van der Waals surface area contributed by atoms with Crippen LogP contribution in [0, 0.1) is 11.3 Å². The van der Waals surface area contributed by atoms with Crippen molar-refractivity contribution in [3.8, 4) is 0 Å². The van der Waals surface area contributed by atoms with E-state index in [2.05, 4.69) is 31.3 Å². The van der Waals surface area contributed by atoms with Gasteiger partial charge in [-0.1, -0.05) is 26.8 Å². The first-order valence-electron chi connectivity index (χ1n) is 9.71. The second kappa shape index (κ2) is 8.31. The van der Waals surface area contributed by atoms with E-state index in [9.17, 15) is 13.2 Å². The molecule has 1 aromatic rings. The molecule has 3 rings (SSSR count). The van der Waals surface area contributed by atoms with Gasteiger partial charge < -0.3 is 4.74 Å². The molecule has 1 aromatic carbocycles. The van der Waals surface area contributed by atoms with Gasteiger partial charge >= 0.3 is 0 Å². The molecular formula is C20H29N3O4S. The number of amides is 1. The van der Waals surface area contributed by atoms with Crippen LogP contribution in [0.1, 0.15) is 50.4 Å². The summed E-state index contributed by atoms with van der Waals surface area (Å²) >= 11 is 0. The van der Waals surface area contributed by atoms with Gasteiger partial charge in [-0.15, -0.1) is 0 Å². The third kappa shape index (κ3) is 4.98. The fourth-order valence-electron chi connectivity index (χ4n) is 4.13. The number of rotatable bonds is 4. The van der Waals surface area contributed by atoms with Crippen molar-refractivity contribution in [3.63, 3.8) is 0 Å². The topological polar surface area (TPSA) is 88.1 Å². The Morgan fingerprint density at radius 1 is 1.29 bits per heavy atom. The van der Waals surface area contributed by atoms with Gasteiger partial charge in [-0.2, -0.15) is 9.41 Å². The first-order chi connectivity index (χ1) is 13.2. The summed E-state index contributed by atoms with van der Waals surface area (Å²) in [5.74, 6) is 0.129. The minimum Gasteiger partial charge on any atom is -0.379 e. The van der Waals surface area contributed by atoms with Gasteiger partial charge in [0.2, 0.25) is 10.0 Å². The lowest BCUT2D eigenvalue weighted by molar-refractivity contribution is 0.0730. The third-order valence-electron chi connectivity index (χ3n) is 5.19. The van der Waals surface area contributed by atoms with Crippen LogP contribution in [0.15, 0.2) is 34.3 Å². The maximum atomic E-state index is 12.8. The van der Waals surface area contributed by atoms with Crippen molar-refractivity contribution in [3.05, 3.63) is 29.8 Å². The highest BCUT2D eigenvalue weighted by Crippen LogP contribution is 2.36. The lowest BCUT2D eigenvalue weighted by Gasteiger charge is -2.34. The van der Waals surface area contributed by atoms with E-state index in [0.29, 0.717) is 32.2 Å². The highest BCUT2D eigenvalue weighted by molar-refractivity contribution is 7.89. The Balaban J connectivity index is 1.73. The molecule has 1 aliphatic carbocycles. The van der Waals surface area contributed by atoms with Crippen LogP contribution >= 0.6 is 0 Å². The zero-order chi connectivity index (χ0) is 20.4. The molecule has 1 heterocycles. The van der Waals surface area contributed by atoms with Gasteiger partial charge in [0.1, 0.15) is 0 Å². The molecule has 0 radical (unpaired) electrons. The summed E-state index contributed by atoms with van der Waals surface area (Å²) in [6.45, 7) is 8.01. The van der Waals surface area contributed by atoms with E-state index in [0.717, 1.165) is 25.0 Å². The number of nitrogens with one attached hydrogen (secondary N) is 1. The van der Waals surface area contributed by atoms with Crippen molar-refractivity contribution in [1.29, 1.82) is 0 Å². The predicted octanol–water partition coefficient (Wildman–Crippen LogP) is 2.64. The molecule has 1 aliphatic heterocycles. The minimum atomic E-state index is -3.64. The molecule has 8 heteroatoms. The third-order valence-corrected chi connectivity index (χ3v) is 7.08. The molecule has 0 aromatic heterocycles. The summed E-state index contributed by atoms with van der Waals surface area (Å²) in [7, 11) is -3.64. The molecule has 1 saturated heterocycles. The molecule has 0 spiro atoms. The Kier molecular flexibility index (Phi) is 6.21. The van der Waals surface area contributed by atoms with Gasteiger partial charge in [0.25, 0.3) is 5.91 Å². The number of carbonyl (C=O) groups is 1. The second-order valence-electron chi connectivity index (χ2n) is 8.52. The number of hydrazone groups is 1. The minimum absolute atomic E-state index is 0.113. The molecule has 1 atom stereocenters. The molecule has 0 bridgehead atoms. The zero-order valence-corrected chi connectivity index (χ0v) is 17.6. The summed E-state index contributed by atoms with van der Waals surface area (Å²) in [6.07, 6.45) is 2.86. The molecule has 7 nitrogen and oxygen atoms in total. The molecule has 1 N–H and O–H groups in total. The molecular weight excluding hydrogens is 378 g/mol. The van der Waals surface area contributed by atoms with E-state index in [-0.39, 0.29) is 15.9 Å². The van der Waals surface area contributed by atoms with Gasteiger partial charge in [-0.05, 0) is 48.8 Å². The summed E-state index contributed by atoms with van der Waals surface area (Å²) in [5.41, 5.74) is 4.04. The first-order valence-corrected chi connectivity index (χ1v) is 11.2. The van der Waals surface area contributed by atoms with Crippen molar-refractivity contribution >= 4 is 21.6 Å². The van der Waals surface area contributed by atoms with E-state index in [4.69, 9.17) is 4.74 Å². The van der Waals surface area contributed by atoms with Crippen LogP contribution in [0.3, 0.4) is 0 Å². The first kappa shape index (κ1) is 21.0. The van der Waals surface area contributed by atoms with Crippen LogP contribution in [-0.4, -0.2) is 50.6 Å². The number of benzene rings is 1. The lowest BCUT2D eigenvalue weighted by Crippen LogP contribution is -2.40. The monoisotopic (exact) mass is 407 g/mol. The number of morpholine rings is 1. The SMILES string of the molecule is C[C@H]1C/C(=N/NC(=O)c2cccc(S(=O)(=O)N3CCOCC3)c2)CC(C)(C)C1. The highest BCUT2D eigenvalue weighted by Gasteiger charge is 2.30. The second-order valence-corrected chi connectivity index (χ2v) is 10.5. The molecule has 154 valence electrons. The number of ether oxygens (including phenoxy) is 1. The standard InChI is InChI=1S/C20H29N3O4S/c1-15-11-17(14-20(2,3)13-15)21-22-19(24)16-5-4-6-18(12-16)28(25,26)23-7-9-27-10-8-23/h4-6,12,15H,7-11,13-14H2,1-3H3,(H,22,24)/b21-17-/t15-/m0/s1. The van der Waals surface area contributed by atoms with E-state index >= 15 is 0 Å². The van der Waals surface area contributed by atoms with E-state index in [1.807, 2.05) is 0 Å². The van der Waals surface area contributed by atoms with Crippen LogP contribution in [0.2, 0.25) is 0 Å². The van der Waals surface area contributed by atoms with Crippen molar-refractivity contribution in [2.45, 2.75) is 44.9 Å². The van der Waals surface area contributed by atoms with E-state index in [1.54, 1.807) is 12.1 Å². The molecule has 1 saturated carbocycles. The highest BCUT2D eigenvalue weighted by atomic mass is 32.2. The van der Waals surface area contributed by atoms with Crippen LogP contribution < -0.4 is 5.43 Å². The lowest BCUT2D eigenvalue weighted by atomic mass is 9.72. The van der Waals surface area contributed by atoms with Gasteiger partial charge in [-0.25, -0.2) is 13.8 Å². The van der Waals surface area contributed by atoms with Crippen LogP contribution in [0.4, 0.5) is 0 Å². The number of carbonyl (C=O) groups excluding carboxylic acids is 1. The quantitative estimate of drug-likeness (QED) is 0.777. The molecule has 0 unspecified atom stereocenters. The average Bonchev–Trinajstić information content (AvgIpc) is 2.65.